The third-order valence-corrected chi connectivity index (χ3v) is 4.02. The van der Waals surface area contributed by atoms with Crippen molar-refractivity contribution in [2.75, 3.05) is 6.54 Å². The zero-order valence-corrected chi connectivity index (χ0v) is 14.0. The molecule has 0 fully saturated rings. The second-order valence-corrected chi connectivity index (χ2v) is 6.99. The highest BCUT2D eigenvalue weighted by atomic mass is 79.9. The zero-order valence-electron chi connectivity index (χ0n) is 12.4. The summed E-state index contributed by atoms with van der Waals surface area (Å²) in [4.78, 5) is 0. The van der Waals surface area contributed by atoms with Gasteiger partial charge in [0.25, 0.3) is 0 Å². The minimum Gasteiger partial charge on any atom is -0.314 e. The Kier molecular flexibility index (Phi) is 6.48. The first-order valence-corrected chi connectivity index (χ1v) is 7.80. The molecule has 1 rings (SSSR count). The lowest BCUT2D eigenvalue weighted by Crippen LogP contribution is -2.32. The summed E-state index contributed by atoms with van der Waals surface area (Å²) in [6, 6.07) is 5.47. The topological polar surface area (TPSA) is 12.0 Å². The van der Waals surface area contributed by atoms with Crippen LogP contribution < -0.4 is 5.32 Å². The molecule has 0 saturated carbocycles. The van der Waals surface area contributed by atoms with Crippen molar-refractivity contribution in [2.45, 2.75) is 53.0 Å². The van der Waals surface area contributed by atoms with Crippen LogP contribution in [-0.2, 0) is 6.42 Å². The molecule has 0 spiro atoms. The monoisotopic (exact) mass is 329 g/mol. The fraction of sp³-hybridized carbons (Fsp3) is 0.625. The summed E-state index contributed by atoms with van der Waals surface area (Å²) in [6.07, 6.45) is 3.22. The molecule has 1 aromatic carbocycles. The smallest absolute Gasteiger partial charge is 0.124 e. The first-order chi connectivity index (χ1) is 8.84. The number of halogens is 2. The molecule has 0 aliphatic heterocycles. The molecule has 0 aromatic heterocycles. The fourth-order valence-electron chi connectivity index (χ4n) is 2.54. The Morgan fingerprint density at radius 2 is 2.05 bits per heavy atom. The summed E-state index contributed by atoms with van der Waals surface area (Å²) in [5.41, 5.74) is 1.37. The van der Waals surface area contributed by atoms with Crippen LogP contribution in [0.4, 0.5) is 4.39 Å². The lowest BCUT2D eigenvalue weighted by molar-refractivity contribution is 0.286. The minimum absolute atomic E-state index is 0.189. The van der Waals surface area contributed by atoms with Crippen molar-refractivity contribution in [3.05, 3.63) is 34.1 Å². The molecule has 1 N–H and O–H groups in total. The number of benzene rings is 1. The van der Waals surface area contributed by atoms with Crippen LogP contribution in [0.1, 0.15) is 46.1 Å². The van der Waals surface area contributed by atoms with E-state index < -0.39 is 0 Å². The van der Waals surface area contributed by atoms with Crippen molar-refractivity contribution >= 4 is 15.9 Å². The highest BCUT2D eigenvalue weighted by molar-refractivity contribution is 9.10. The maximum atomic E-state index is 13.1. The molecule has 1 nitrogen and oxygen atoms in total. The van der Waals surface area contributed by atoms with E-state index in [-0.39, 0.29) is 11.2 Å². The maximum Gasteiger partial charge on any atom is 0.124 e. The summed E-state index contributed by atoms with van der Waals surface area (Å²) in [7, 11) is 0. The third kappa shape index (κ3) is 6.05. The predicted molar refractivity (Wildman–Crippen MR) is 84.0 cm³/mol. The van der Waals surface area contributed by atoms with Crippen LogP contribution in [0.3, 0.4) is 0 Å². The van der Waals surface area contributed by atoms with Crippen LogP contribution in [0.15, 0.2) is 22.7 Å². The molecule has 0 amide bonds. The number of hydrogen-bond acceptors (Lipinski definition) is 1. The quantitative estimate of drug-likeness (QED) is 0.747. The molecule has 0 aliphatic carbocycles. The second-order valence-electron chi connectivity index (χ2n) is 6.14. The lowest BCUT2D eigenvalue weighted by Gasteiger charge is -2.29. The van der Waals surface area contributed by atoms with Gasteiger partial charge in [-0.05, 0) is 55.8 Å². The Hall–Kier alpha value is -0.410. The zero-order chi connectivity index (χ0) is 14.5. The Morgan fingerprint density at radius 1 is 1.37 bits per heavy atom. The van der Waals surface area contributed by atoms with Gasteiger partial charge in [-0.2, -0.15) is 0 Å². The third-order valence-electron chi connectivity index (χ3n) is 3.29. The van der Waals surface area contributed by atoms with Gasteiger partial charge in [0.2, 0.25) is 0 Å². The molecule has 1 aromatic rings. The molecule has 1 unspecified atom stereocenters. The summed E-state index contributed by atoms with van der Waals surface area (Å²) >= 11 is 3.45. The number of nitrogens with one attached hydrogen (secondary N) is 1. The summed E-state index contributed by atoms with van der Waals surface area (Å²) in [5, 5.41) is 3.53. The fourth-order valence-corrected chi connectivity index (χ4v) is 3.04. The molecule has 0 radical (unpaired) electrons. The van der Waals surface area contributed by atoms with Gasteiger partial charge >= 0.3 is 0 Å². The Balaban J connectivity index is 2.62. The van der Waals surface area contributed by atoms with Crippen LogP contribution in [0.2, 0.25) is 0 Å². The molecule has 0 heterocycles. The molecule has 0 bridgehead atoms. The van der Waals surface area contributed by atoms with E-state index in [1.54, 1.807) is 6.07 Å². The van der Waals surface area contributed by atoms with Crippen LogP contribution in [0, 0.1) is 11.2 Å². The standard InChI is InChI=1S/C16H25BrFN/c1-5-8-19-12(2)10-16(3,4)11-13-6-7-14(18)9-15(13)17/h6-7,9,12,19H,5,8,10-11H2,1-4H3. The summed E-state index contributed by atoms with van der Waals surface area (Å²) in [5.74, 6) is -0.189. The van der Waals surface area contributed by atoms with E-state index in [1.807, 2.05) is 6.07 Å². The van der Waals surface area contributed by atoms with Gasteiger partial charge in [-0.1, -0.05) is 42.8 Å². The van der Waals surface area contributed by atoms with Gasteiger partial charge in [-0.15, -0.1) is 0 Å². The molecule has 3 heteroatoms. The molecular formula is C16H25BrFN. The average molecular weight is 330 g/mol. The molecule has 1 atom stereocenters. The van der Waals surface area contributed by atoms with Gasteiger partial charge in [0.1, 0.15) is 5.82 Å². The van der Waals surface area contributed by atoms with E-state index in [0.717, 1.165) is 30.3 Å². The van der Waals surface area contributed by atoms with E-state index in [9.17, 15) is 4.39 Å². The Labute approximate surface area is 125 Å². The van der Waals surface area contributed by atoms with Gasteiger partial charge < -0.3 is 5.32 Å². The highest BCUT2D eigenvalue weighted by Crippen LogP contribution is 2.31. The summed E-state index contributed by atoms with van der Waals surface area (Å²) in [6.45, 7) is 10.0. The highest BCUT2D eigenvalue weighted by Gasteiger charge is 2.22. The van der Waals surface area contributed by atoms with Crippen LogP contribution >= 0.6 is 15.9 Å². The van der Waals surface area contributed by atoms with E-state index in [2.05, 4.69) is 48.9 Å². The van der Waals surface area contributed by atoms with Crippen molar-refractivity contribution in [3.8, 4) is 0 Å². The van der Waals surface area contributed by atoms with Crippen LogP contribution in [0.25, 0.3) is 0 Å². The van der Waals surface area contributed by atoms with E-state index >= 15 is 0 Å². The van der Waals surface area contributed by atoms with Crippen molar-refractivity contribution in [1.29, 1.82) is 0 Å². The van der Waals surface area contributed by atoms with Crippen molar-refractivity contribution in [2.24, 2.45) is 5.41 Å². The number of hydrogen-bond donors (Lipinski definition) is 1. The van der Waals surface area contributed by atoms with Gasteiger partial charge in [0, 0.05) is 10.5 Å². The van der Waals surface area contributed by atoms with E-state index in [4.69, 9.17) is 0 Å². The van der Waals surface area contributed by atoms with Gasteiger partial charge in [-0.3, -0.25) is 0 Å². The van der Waals surface area contributed by atoms with Crippen molar-refractivity contribution in [3.63, 3.8) is 0 Å². The first kappa shape index (κ1) is 16.6. The Morgan fingerprint density at radius 3 is 2.63 bits per heavy atom. The average Bonchev–Trinajstić information content (AvgIpc) is 2.29. The maximum absolute atomic E-state index is 13.1. The normalized spacial score (nSPS) is 13.6. The molecule has 19 heavy (non-hydrogen) atoms. The van der Waals surface area contributed by atoms with E-state index in [1.165, 1.54) is 11.6 Å². The second kappa shape index (κ2) is 7.39. The molecule has 108 valence electrons. The SMILES string of the molecule is CCCNC(C)CC(C)(C)Cc1ccc(F)cc1Br. The number of rotatable bonds is 7. The van der Waals surface area contributed by atoms with Gasteiger partial charge in [-0.25, -0.2) is 4.39 Å². The Bertz CT molecular complexity index is 404. The summed E-state index contributed by atoms with van der Waals surface area (Å²) < 4.78 is 14.0. The van der Waals surface area contributed by atoms with Crippen molar-refractivity contribution < 1.29 is 4.39 Å². The minimum atomic E-state index is -0.189. The first-order valence-electron chi connectivity index (χ1n) is 7.01. The predicted octanol–water partition coefficient (Wildman–Crippen LogP) is 4.94. The lowest BCUT2D eigenvalue weighted by atomic mass is 9.80. The van der Waals surface area contributed by atoms with Gasteiger partial charge in [0.15, 0.2) is 0 Å². The van der Waals surface area contributed by atoms with Crippen LogP contribution in [-0.4, -0.2) is 12.6 Å². The van der Waals surface area contributed by atoms with Gasteiger partial charge in [0.05, 0.1) is 0 Å². The molecule has 0 aliphatic rings. The molecule has 0 saturated heterocycles. The van der Waals surface area contributed by atoms with Crippen molar-refractivity contribution in [1.82, 2.24) is 5.32 Å². The largest absolute Gasteiger partial charge is 0.314 e. The molecular weight excluding hydrogens is 305 g/mol. The van der Waals surface area contributed by atoms with E-state index in [0.29, 0.717) is 6.04 Å². The van der Waals surface area contributed by atoms with Crippen LogP contribution in [0.5, 0.6) is 0 Å².